The quantitative estimate of drug-likeness (QED) is 0.733. The minimum atomic E-state index is -2.96. The average molecular weight is 262 g/mol. The molecule has 0 bridgehead atoms. The van der Waals surface area contributed by atoms with Crippen molar-refractivity contribution in [3.63, 3.8) is 0 Å². The Labute approximate surface area is 103 Å². The second-order valence-electron chi connectivity index (χ2n) is 4.74. The molecule has 0 aliphatic carbocycles. The maximum Gasteiger partial charge on any atom is 0.220 e. The van der Waals surface area contributed by atoms with Gasteiger partial charge in [0.1, 0.15) is 0 Å². The van der Waals surface area contributed by atoms with Crippen molar-refractivity contribution >= 4 is 15.7 Å². The van der Waals surface area contributed by atoms with Gasteiger partial charge in [0.05, 0.1) is 11.5 Å². The van der Waals surface area contributed by atoms with Gasteiger partial charge < -0.3 is 11.1 Å². The molecule has 1 heterocycles. The summed E-state index contributed by atoms with van der Waals surface area (Å²) in [4.78, 5) is 11.7. The standard InChI is InChI=1S/C11H22N2O3S/c1-2-9(7-12)6-11(14)13-10-4-3-5-17(15,16)8-10/h9-10H,2-8,12H2,1H3,(H,13,14). The maximum atomic E-state index is 11.7. The van der Waals surface area contributed by atoms with Crippen molar-refractivity contribution in [2.75, 3.05) is 18.1 Å². The van der Waals surface area contributed by atoms with Crippen LogP contribution in [0.25, 0.3) is 0 Å². The van der Waals surface area contributed by atoms with Crippen molar-refractivity contribution in [1.82, 2.24) is 5.32 Å². The number of carbonyl (C=O) groups excluding carboxylic acids is 1. The molecule has 0 spiro atoms. The molecule has 2 unspecified atom stereocenters. The van der Waals surface area contributed by atoms with Crippen molar-refractivity contribution < 1.29 is 13.2 Å². The number of sulfone groups is 1. The smallest absolute Gasteiger partial charge is 0.220 e. The van der Waals surface area contributed by atoms with Crippen LogP contribution in [-0.4, -0.2) is 38.4 Å². The minimum absolute atomic E-state index is 0.0793. The van der Waals surface area contributed by atoms with Crippen molar-refractivity contribution in [3.8, 4) is 0 Å². The fraction of sp³-hybridized carbons (Fsp3) is 0.909. The number of nitrogens with two attached hydrogens (primary N) is 1. The molecular weight excluding hydrogens is 240 g/mol. The van der Waals surface area contributed by atoms with Crippen molar-refractivity contribution in [3.05, 3.63) is 0 Å². The first-order valence-electron chi connectivity index (χ1n) is 6.16. The van der Waals surface area contributed by atoms with Crippen LogP contribution in [0, 0.1) is 5.92 Å². The van der Waals surface area contributed by atoms with E-state index in [0.717, 1.165) is 12.8 Å². The summed E-state index contributed by atoms with van der Waals surface area (Å²) in [5.74, 6) is 0.442. The van der Waals surface area contributed by atoms with Crippen molar-refractivity contribution in [2.45, 2.75) is 38.6 Å². The Morgan fingerprint density at radius 3 is 2.76 bits per heavy atom. The monoisotopic (exact) mass is 262 g/mol. The highest BCUT2D eigenvalue weighted by Gasteiger charge is 2.26. The Balaban J connectivity index is 2.40. The zero-order chi connectivity index (χ0) is 12.9. The molecule has 2 atom stereocenters. The summed E-state index contributed by atoms with van der Waals surface area (Å²) >= 11 is 0. The lowest BCUT2D eigenvalue weighted by molar-refractivity contribution is -0.122. The van der Waals surface area contributed by atoms with E-state index in [2.05, 4.69) is 5.32 Å². The van der Waals surface area contributed by atoms with E-state index in [9.17, 15) is 13.2 Å². The SMILES string of the molecule is CCC(CN)CC(=O)NC1CCCS(=O)(=O)C1. The highest BCUT2D eigenvalue weighted by Crippen LogP contribution is 2.13. The molecule has 0 aromatic carbocycles. The normalized spacial score (nSPS) is 25.2. The summed E-state index contributed by atoms with van der Waals surface area (Å²) in [7, 11) is -2.96. The summed E-state index contributed by atoms with van der Waals surface area (Å²) < 4.78 is 22.8. The highest BCUT2D eigenvalue weighted by atomic mass is 32.2. The van der Waals surface area contributed by atoms with Gasteiger partial charge in [-0.15, -0.1) is 0 Å². The number of amides is 1. The van der Waals surface area contributed by atoms with Crippen molar-refractivity contribution in [1.29, 1.82) is 0 Å². The summed E-state index contributed by atoms with van der Waals surface area (Å²) in [5.41, 5.74) is 5.53. The van der Waals surface area contributed by atoms with Gasteiger partial charge in [-0.1, -0.05) is 13.3 Å². The number of rotatable bonds is 5. The third-order valence-corrected chi connectivity index (χ3v) is 5.03. The number of hydrogen-bond acceptors (Lipinski definition) is 4. The van der Waals surface area contributed by atoms with Gasteiger partial charge >= 0.3 is 0 Å². The van der Waals surface area contributed by atoms with Crippen LogP contribution in [0.5, 0.6) is 0 Å². The molecule has 1 aliphatic heterocycles. The molecular formula is C11H22N2O3S. The molecule has 1 saturated heterocycles. The second kappa shape index (κ2) is 6.35. The van der Waals surface area contributed by atoms with Gasteiger partial charge in [-0.05, 0) is 25.3 Å². The van der Waals surface area contributed by atoms with Crippen LogP contribution in [0.2, 0.25) is 0 Å². The molecule has 100 valence electrons. The Morgan fingerprint density at radius 2 is 2.24 bits per heavy atom. The zero-order valence-corrected chi connectivity index (χ0v) is 11.1. The molecule has 1 rings (SSSR count). The predicted octanol–water partition coefficient (Wildman–Crippen LogP) is 0.0548. The molecule has 3 N–H and O–H groups in total. The van der Waals surface area contributed by atoms with E-state index >= 15 is 0 Å². The average Bonchev–Trinajstić information content (AvgIpc) is 2.24. The summed E-state index contributed by atoms with van der Waals surface area (Å²) in [6.07, 6.45) is 2.65. The van der Waals surface area contributed by atoms with Gasteiger partial charge in [0.15, 0.2) is 9.84 Å². The molecule has 1 aliphatic rings. The second-order valence-corrected chi connectivity index (χ2v) is 6.96. The van der Waals surface area contributed by atoms with Gasteiger partial charge in [-0.3, -0.25) is 4.79 Å². The zero-order valence-electron chi connectivity index (χ0n) is 10.3. The van der Waals surface area contributed by atoms with E-state index in [0.29, 0.717) is 19.4 Å². The summed E-state index contributed by atoms with van der Waals surface area (Å²) in [5, 5.41) is 2.80. The van der Waals surface area contributed by atoms with E-state index in [1.807, 2.05) is 6.92 Å². The van der Waals surface area contributed by atoms with Gasteiger partial charge in [0, 0.05) is 12.5 Å². The Kier molecular flexibility index (Phi) is 5.39. The van der Waals surface area contributed by atoms with Gasteiger partial charge in [0.25, 0.3) is 0 Å². The molecule has 0 radical (unpaired) electrons. The van der Waals surface area contributed by atoms with E-state index in [1.165, 1.54) is 0 Å². The molecule has 5 nitrogen and oxygen atoms in total. The maximum absolute atomic E-state index is 11.7. The van der Waals surface area contributed by atoms with Gasteiger partial charge in [-0.25, -0.2) is 8.42 Å². The fourth-order valence-corrected chi connectivity index (χ4v) is 3.72. The molecule has 0 aromatic rings. The molecule has 1 fully saturated rings. The lowest BCUT2D eigenvalue weighted by atomic mass is 10.0. The van der Waals surface area contributed by atoms with Crippen LogP contribution in [0.1, 0.15) is 32.6 Å². The van der Waals surface area contributed by atoms with Crippen LogP contribution in [0.4, 0.5) is 0 Å². The van der Waals surface area contributed by atoms with Crippen LogP contribution < -0.4 is 11.1 Å². The number of hydrogen-bond donors (Lipinski definition) is 2. The van der Waals surface area contributed by atoms with Gasteiger partial charge in [-0.2, -0.15) is 0 Å². The first-order chi connectivity index (χ1) is 7.96. The van der Waals surface area contributed by atoms with Gasteiger partial charge in [0.2, 0.25) is 5.91 Å². The molecule has 6 heteroatoms. The minimum Gasteiger partial charge on any atom is -0.352 e. The van der Waals surface area contributed by atoms with E-state index in [1.54, 1.807) is 0 Å². The predicted molar refractivity (Wildman–Crippen MR) is 67.3 cm³/mol. The molecule has 1 amide bonds. The summed E-state index contributed by atoms with van der Waals surface area (Å²) in [6.45, 7) is 2.49. The topological polar surface area (TPSA) is 89.3 Å². The Bertz CT molecular complexity index is 350. The molecule has 17 heavy (non-hydrogen) atoms. The molecule has 0 saturated carbocycles. The molecule has 0 aromatic heterocycles. The Morgan fingerprint density at radius 1 is 1.53 bits per heavy atom. The van der Waals surface area contributed by atoms with E-state index in [-0.39, 0.29) is 29.4 Å². The van der Waals surface area contributed by atoms with Crippen molar-refractivity contribution in [2.24, 2.45) is 11.7 Å². The highest BCUT2D eigenvalue weighted by molar-refractivity contribution is 7.91. The lowest BCUT2D eigenvalue weighted by Gasteiger charge is -2.23. The van der Waals surface area contributed by atoms with Crippen LogP contribution in [0.3, 0.4) is 0 Å². The van der Waals surface area contributed by atoms with Crippen LogP contribution in [-0.2, 0) is 14.6 Å². The lowest BCUT2D eigenvalue weighted by Crippen LogP contribution is -2.43. The van der Waals surface area contributed by atoms with E-state index in [4.69, 9.17) is 5.73 Å². The first kappa shape index (κ1) is 14.4. The third kappa shape index (κ3) is 5.04. The van der Waals surface area contributed by atoms with Crippen LogP contribution >= 0.6 is 0 Å². The Hall–Kier alpha value is -0.620. The fourth-order valence-electron chi connectivity index (χ4n) is 2.08. The number of carbonyl (C=O) groups is 1. The van der Waals surface area contributed by atoms with E-state index < -0.39 is 9.84 Å². The largest absolute Gasteiger partial charge is 0.352 e. The first-order valence-corrected chi connectivity index (χ1v) is 7.99. The van der Waals surface area contributed by atoms with Crippen LogP contribution in [0.15, 0.2) is 0 Å². The third-order valence-electron chi connectivity index (χ3n) is 3.21. The number of nitrogens with one attached hydrogen (secondary N) is 1. The summed E-state index contributed by atoms with van der Waals surface area (Å²) in [6, 6.07) is -0.212.